The molecule has 78 valence electrons. The first-order chi connectivity index (χ1) is 6.61. The molecular weight excluding hydrogens is 324 g/mol. The zero-order valence-corrected chi connectivity index (χ0v) is 10.1. The molecular formula is C8H7Br2F2NO. The van der Waals surface area contributed by atoms with Crippen LogP contribution in [-0.4, -0.2) is 10.1 Å². The Labute approximate surface area is 96.6 Å². The lowest BCUT2D eigenvalue weighted by Crippen LogP contribution is -2.02. The summed E-state index contributed by atoms with van der Waals surface area (Å²) >= 11 is 6.23. The Kier molecular flexibility index (Phi) is 4.40. The highest BCUT2D eigenvalue weighted by Gasteiger charge is 2.19. The van der Waals surface area contributed by atoms with E-state index in [9.17, 15) is 8.78 Å². The second kappa shape index (κ2) is 5.14. The smallest absolute Gasteiger partial charge is 0.266 e. The summed E-state index contributed by atoms with van der Waals surface area (Å²) < 4.78 is 25.5. The molecule has 0 bridgehead atoms. The van der Waals surface area contributed by atoms with E-state index in [0.717, 1.165) is 0 Å². The molecule has 0 aliphatic carbocycles. The molecule has 0 aliphatic rings. The van der Waals surface area contributed by atoms with E-state index < -0.39 is 13.0 Å². The standard InChI is InChI=1S/C8H7Br2F2NO/c9-1-4-2-13-5(3-14)6(7(4)10)8(11)12/h2,8,14H,1,3H2. The molecule has 1 aromatic rings. The predicted octanol–water partition coefficient (Wildman–Crippen LogP) is 3.17. The molecule has 1 aromatic heterocycles. The predicted molar refractivity (Wildman–Crippen MR) is 55.4 cm³/mol. The van der Waals surface area contributed by atoms with Gasteiger partial charge in [-0.1, -0.05) is 15.9 Å². The van der Waals surface area contributed by atoms with E-state index in [-0.39, 0.29) is 11.3 Å². The van der Waals surface area contributed by atoms with Gasteiger partial charge in [0.2, 0.25) is 0 Å². The third-order valence-electron chi connectivity index (χ3n) is 1.72. The number of halogens is 4. The molecule has 1 rings (SSSR count). The highest BCUT2D eigenvalue weighted by molar-refractivity contribution is 9.10. The Hall–Kier alpha value is -0.0700. The van der Waals surface area contributed by atoms with Crippen molar-refractivity contribution in [2.24, 2.45) is 0 Å². The van der Waals surface area contributed by atoms with Gasteiger partial charge >= 0.3 is 0 Å². The van der Waals surface area contributed by atoms with Gasteiger partial charge in [-0.3, -0.25) is 4.98 Å². The Morgan fingerprint density at radius 2 is 2.14 bits per heavy atom. The minimum absolute atomic E-state index is 0.0107. The van der Waals surface area contributed by atoms with Crippen LogP contribution in [0.5, 0.6) is 0 Å². The summed E-state index contributed by atoms with van der Waals surface area (Å²) in [6, 6.07) is 0. The van der Waals surface area contributed by atoms with Crippen molar-refractivity contribution in [1.82, 2.24) is 4.98 Å². The van der Waals surface area contributed by atoms with Gasteiger partial charge in [-0.15, -0.1) is 0 Å². The fourth-order valence-electron chi connectivity index (χ4n) is 1.02. The van der Waals surface area contributed by atoms with Crippen LogP contribution in [0, 0.1) is 0 Å². The Bertz CT molecular complexity index is 333. The van der Waals surface area contributed by atoms with Crippen molar-refractivity contribution in [1.29, 1.82) is 0 Å². The van der Waals surface area contributed by atoms with Crippen LogP contribution in [-0.2, 0) is 11.9 Å². The zero-order valence-electron chi connectivity index (χ0n) is 6.98. The fourth-order valence-corrected chi connectivity index (χ4v) is 2.47. The van der Waals surface area contributed by atoms with Crippen molar-refractivity contribution in [2.45, 2.75) is 18.4 Å². The summed E-state index contributed by atoms with van der Waals surface area (Å²) in [6.07, 6.45) is -1.19. The maximum atomic E-state index is 12.6. The van der Waals surface area contributed by atoms with Crippen molar-refractivity contribution >= 4 is 31.9 Å². The first-order valence-corrected chi connectivity index (χ1v) is 5.64. The average Bonchev–Trinajstić information content (AvgIpc) is 2.16. The molecule has 0 amide bonds. The van der Waals surface area contributed by atoms with Crippen LogP contribution in [0.15, 0.2) is 10.7 Å². The molecule has 14 heavy (non-hydrogen) atoms. The lowest BCUT2D eigenvalue weighted by atomic mass is 10.1. The summed E-state index contributed by atoms with van der Waals surface area (Å²) in [4.78, 5) is 3.76. The lowest BCUT2D eigenvalue weighted by molar-refractivity contribution is 0.145. The highest BCUT2D eigenvalue weighted by Crippen LogP contribution is 2.32. The first-order valence-electron chi connectivity index (χ1n) is 3.73. The Morgan fingerprint density at radius 1 is 1.50 bits per heavy atom. The maximum Gasteiger partial charge on any atom is 0.266 e. The molecule has 0 aromatic carbocycles. The van der Waals surface area contributed by atoms with E-state index in [4.69, 9.17) is 5.11 Å². The largest absolute Gasteiger partial charge is 0.390 e. The monoisotopic (exact) mass is 329 g/mol. The van der Waals surface area contributed by atoms with Gasteiger partial charge in [0.1, 0.15) is 0 Å². The number of aliphatic hydroxyl groups is 1. The van der Waals surface area contributed by atoms with E-state index in [1.165, 1.54) is 6.20 Å². The SMILES string of the molecule is OCc1ncc(CBr)c(Br)c1C(F)F. The number of hydrogen-bond donors (Lipinski definition) is 1. The molecule has 1 N–H and O–H groups in total. The minimum Gasteiger partial charge on any atom is -0.390 e. The van der Waals surface area contributed by atoms with Crippen LogP contribution >= 0.6 is 31.9 Å². The van der Waals surface area contributed by atoms with Crippen molar-refractivity contribution in [3.8, 4) is 0 Å². The van der Waals surface area contributed by atoms with E-state index in [1.807, 2.05) is 0 Å². The lowest BCUT2D eigenvalue weighted by Gasteiger charge is -2.10. The van der Waals surface area contributed by atoms with Gasteiger partial charge < -0.3 is 5.11 Å². The van der Waals surface area contributed by atoms with E-state index >= 15 is 0 Å². The second-order valence-corrected chi connectivity index (χ2v) is 3.90. The minimum atomic E-state index is -2.64. The highest BCUT2D eigenvalue weighted by atomic mass is 79.9. The number of aromatic nitrogens is 1. The van der Waals surface area contributed by atoms with E-state index in [2.05, 4.69) is 36.8 Å². The first kappa shape index (κ1) is 12.0. The fraction of sp³-hybridized carbons (Fsp3) is 0.375. The molecule has 0 saturated heterocycles. The third-order valence-corrected chi connectivity index (χ3v) is 3.26. The molecule has 2 nitrogen and oxygen atoms in total. The number of rotatable bonds is 3. The molecule has 0 radical (unpaired) electrons. The molecule has 0 saturated carbocycles. The Balaban J connectivity index is 3.31. The number of aliphatic hydroxyl groups excluding tert-OH is 1. The second-order valence-electron chi connectivity index (χ2n) is 2.55. The van der Waals surface area contributed by atoms with Gasteiger partial charge in [-0.25, -0.2) is 8.78 Å². The van der Waals surface area contributed by atoms with Crippen LogP contribution in [0.4, 0.5) is 8.78 Å². The summed E-state index contributed by atoms with van der Waals surface area (Å²) in [6.45, 7) is -0.485. The molecule has 1 heterocycles. The van der Waals surface area contributed by atoms with Gasteiger partial charge in [0, 0.05) is 16.0 Å². The van der Waals surface area contributed by atoms with E-state index in [0.29, 0.717) is 15.4 Å². The van der Waals surface area contributed by atoms with Crippen molar-refractivity contribution in [3.05, 3.63) is 27.5 Å². The molecule has 6 heteroatoms. The summed E-state index contributed by atoms with van der Waals surface area (Å²) in [7, 11) is 0. The zero-order chi connectivity index (χ0) is 10.7. The molecule has 0 unspecified atom stereocenters. The number of hydrogen-bond acceptors (Lipinski definition) is 2. The molecule has 0 fully saturated rings. The van der Waals surface area contributed by atoms with Crippen molar-refractivity contribution in [3.63, 3.8) is 0 Å². The van der Waals surface area contributed by atoms with Gasteiger partial charge in [0.25, 0.3) is 6.43 Å². The molecule has 0 spiro atoms. The van der Waals surface area contributed by atoms with E-state index in [1.54, 1.807) is 0 Å². The van der Waals surface area contributed by atoms with Crippen LogP contribution in [0.25, 0.3) is 0 Å². The van der Waals surface area contributed by atoms with Gasteiger partial charge in [0.15, 0.2) is 0 Å². The van der Waals surface area contributed by atoms with Gasteiger partial charge in [-0.05, 0) is 21.5 Å². The number of alkyl halides is 3. The normalized spacial score (nSPS) is 11.0. The molecule has 0 atom stereocenters. The summed E-state index contributed by atoms with van der Waals surface area (Å²) in [5.41, 5.74) is 0.415. The van der Waals surface area contributed by atoms with Crippen LogP contribution in [0.1, 0.15) is 23.2 Å². The van der Waals surface area contributed by atoms with Gasteiger partial charge in [-0.2, -0.15) is 0 Å². The van der Waals surface area contributed by atoms with Crippen molar-refractivity contribution in [2.75, 3.05) is 0 Å². The number of nitrogens with zero attached hydrogens (tertiary/aromatic N) is 1. The van der Waals surface area contributed by atoms with Crippen molar-refractivity contribution < 1.29 is 13.9 Å². The average molecular weight is 331 g/mol. The summed E-state index contributed by atoms with van der Waals surface area (Å²) in [5.74, 6) is 0. The third kappa shape index (κ3) is 2.29. The number of pyridine rings is 1. The topological polar surface area (TPSA) is 33.1 Å². The van der Waals surface area contributed by atoms with Crippen LogP contribution in [0.2, 0.25) is 0 Å². The van der Waals surface area contributed by atoms with Crippen LogP contribution < -0.4 is 0 Å². The quantitative estimate of drug-likeness (QED) is 0.863. The van der Waals surface area contributed by atoms with Gasteiger partial charge in [0.05, 0.1) is 17.9 Å². The summed E-state index contributed by atoms with van der Waals surface area (Å²) in [5, 5.41) is 9.26. The maximum absolute atomic E-state index is 12.6. The molecule has 0 aliphatic heterocycles. The van der Waals surface area contributed by atoms with Crippen LogP contribution in [0.3, 0.4) is 0 Å². The Morgan fingerprint density at radius 3 is 2.57 bits per heavy atom.